The molecule has 0 bridgehead atoms. The van der Waals surface area contributed by atoms with E-state index in [4.69, 9.17) is 4.74 Å². The van der Waals surface area contributed by atoms with Crippen molar-refractivity contribution in [3.8, 4) is 5.75 Å². The molecule has 0 radical (unpaired) electrons. The summed E-state index contributed by atoms with van der Waals surface area (Å²) >= 11 is 0. The molecule has 2 aromatic carbocycles. The van der Waals surface area contributed by atoms with Gasteiger partial charge in [0, 0.05) is 34.1 Å². The molecular weight excluding hydrogens is 272 g/mol. The number of nitrogens with zero attached hydrogens (tertiary/aromatic N) is 1. The standard InChI is InChI=1S/C17H14N2O.C2H6/c1-10-15-9-18-6-5-11(15)7-14-13-8-12(20-2)3-4-16(13)19-17(10)14;1-2/h3-9,19H,1-2H3;1-2H3. The van der Waals surface area contributed by atoms with Gasteiger partial charge >= 0.3 is 0 Å². The van der Waals surface area contributed by atoms with Crippen molar-refractivity contribution in [3.05, 3.63) is 48.3 Å². The van der Waals surface area contributed by atoms with Crippen LogP contribution in [0, 0.1) is 6.92 Å². The average Bonchev–Trinajstić information content (AvgIpc) is 2.95. The van der Waals surface area contributed by atoms with Crippen LogP contribution in [0.15, 0.2) is 42.7 Å². The van der Waals surface area contributed by atoms with Crippen molar-refractivity contribution >= 4 is 32.6 Å². The first-order valence-corrected chi connectivity index (χ1v) is 7.60. The second-order valence-corrected chi connectivity index (χ2v) is 5.06. The summed E-state index contributed by atoms with van der Waals surface area (Å²) in [5, 5.41) is 4.84. The Kier molecular flexibility index (Phi) is 3.72. The maximum absolute atomic E-state index is 5.33. The molecule has 2 aromatic heterocycles. The summed E-state index contributed by atoms with van der Waals surface area (Å²) in [6, 6.07) is 10.4. The summed E-state index contributed by atoms with van der Waals surface area (Å²) in [6.07, 6.45) is 3.76. The van der Waals surface area contributed by atoms with Crippen molar-refractivity contribution in [1.82, 2.24) is 9.97 Å². The van der Waals surface area contributed by atoms with E-state index < -0.39 is 0 Å². The van der Waals surface area contributed by atoms with E-state index in [1.165, 1.54) is 32.6 Å². The number of hydrogen-bond donors (Lipinski definition) is 1. The maximum Gasteiger partial charge on any atom is 0.119 e. The first-order valence-electron chi connectivity index (χ1n) is 7.60. The van der Waals surface area contributed by atoms with E-state index >= 15 is 0 Å². The predicted molar refractivity (Wildman–Crippen MR) is 93.7 cm³/mol. The summed E-state index contributed by atoms with van der Waals surface area (Å²) in [6.45, 7) is 6.14. The van der Waals surface area contributed by atoms with Crippen LogP contribution in [0.5, 0.6) is 5.75 Å². The van der Waals surface area contributed by atoms with E-state index in [9.17, 15) is 0 Å². The average molecular weight is 292 g/mol. The van der Waals surface area contributed by atoms with E-state index in [2.05, 4.69) is 41.2 Å². The molecule has 3 nitrogen and oxygen atoms in total. The first-order chi connectivity index (χ1) is 10.8. The molecule has 0 spiro atoms. The normalized spacial score (nSPS) is 10.7. The molecule has 0 unspecified atom stereocenters. The van der Waals surface area contributed by atoms with E-state index in [1.54, 1.807) is 7.11 Å². The van der Waals surface area contributed by atoms with Gasteiger partial charge < -0.3 is 9.72 Å². The fourth-order valence-corrected chi connectivity index (χ4v) is 2.90. The number of pyridine rings is 1. The van der Waals surface area contributed by atoms with Crippen LogP contribution < -0.4 is 4.74 Å². The SMILES string of the molecule is CC.COc1ccc2[nH]c3c(C)c4cnccc4cc3c2c1. The van der Waals surface area contributed by atoms with E-state index in [0.717, 1.165) is 11.3 Å². The molecule has 0 saturated carbocycles. The number of benzene rings is 2. The van der Waals surface area contributed by atoms with Gasteiger partial charge in [0.1, 0.15) is 5.75 Å². The summed E-state index contributed by atoms with van der Waals surface area (Å²) in [5.41, 5.74) is 3.54. The molecule has 4 rings (SSSR count). The minimum Gasteiger partial charge on any atom is -0.497 e. The number of aromatic amines is 1. The maximum atomic E-state index is 5.33. The van der Waals surface area contributed by atoms with Crippen molar-refractivity contribution < 1.29 is 4.74 Å². The lowest BCUT2D eigenvalue weighted by atomic mass is 10.0. The lowest BCUT2D eigenvalue weighted by Crippen LogP contribution is -1.82. The molecule has 0 aliphatic carbocycles. The molecule has 0 aliphatic rings. The third-order valence-electron chi connectivity index (χ3n) is 3.98. The molecule has 3 heteroatoms. The number of ether oxygens (including phenoxy) is 1. The first kappa shape index (κ1) is 14.4. The zero-order valence-corrected chi connectivity index (χ0v) is 13.4. The molecule has 0 atom stereocenters. The zero-order chi connectivity index (χ0) is 15.7. The fraction of sp³-hybridized carbons (Fsp3) is 0.211. The minimum absolute atomic E-state index is 0.880. The number of aryl methyl sites for hydroxylation is 1. The summed E-state index contributed by atoms with van der Waals surface area (Å²) < 4.78 is 5.33. The molecule has 0 aliphatic heterocycles. The highest BCUT2D eigenvalue weighted by atomic mass is 16.5. The van der Waals surface area contributed by atoms with Gasteiger partial charge in [0.15, 0.2) is 0 Å². The molecule has 0 fully saturated rings. The number of fused-ring (bicyclic) bond motifs is 4. The number of methoxy groups -OCH3 is 1. The fourth-order valence-electron chi connectivity index (χ4n) is 2.90. The van der Waals surface area contributed by atoms with Crippen molar-refractivity contribution in [2.24, 2.45) is 0 Å². The van der Waals surface area contributed by atoms with Gasteiger partial charge in [0.25, 0.3) is 0 Å². The number of hydrogen-bond acceptors (Lipinski definition) is 2. The van der Waals surface area contributed by atoms with E-state index in [0.29, 0.717) is 0 Å². The van der Waals surface area contributed by atoms with Gasteiger partial charge in [-0.2, -0.15) is 0 Å². The monoisotopic (exact) mass is 292 g/mol. The third kappa shape index (κ3) is 2.10. The van der Waals surface area contributed by atoms with Gasteiger partial charge in [0.2, 0.25) is 0 Å². The van der Waals surface area contributed by atoms with E-state index in [-0.39, 0.29) is 0 Å². The van der Waals surface area contributed by atoms with Gasteiger partial charge in [-0.1, -0.05) is 13.8 Å². The van der Waals surface area contributed by atoms with Crippen LogP contribution in [-0.2, 0) is 0 Å². The zero-order valence-electron chi connectivity index (χ0n) is 13.4. The Morgan fingerprint density at radius 1 is 1.00 bits per heavy atom. The summed E-state index contributed by atoms with van der Waals surface area (Å²) in [5.74, 6) is 0.880. The number of H-pyrrole nitrogens is 1. The Morgan fingerprint density at radius 3 is 2.59 bits per heavy atom. The predicted octanol–water partition coefficient (Wildman–Crippen LogP) is 5.21. The lowest BCUT2D eigenvalue weighted by molar-refractivity contribution is 0.415. The van der Waals surface area contributed by atoms with Crippen molar-refractivity contribution in [2.45, 2.75) is 20.8 Å². The van der Waals surface area contributed by atoms with Gasteiger partial charge in [-0.05, 0) is 48.2 Å². The van der Waals surface area contributed by atoms with Crippen LogP contribution in [0.25, 0.3) is 32.6 Å². The van der Waals surface area contributed by atoms with Gasteiger partial charge in [-0.15, -0.1) is 0 Å². The molecule has 22 heavy (non-hydrogen) atoms. The van der Waals surface area contributed by atoms with Gasteiger partial charge in [-0.3, -0.25) is 4.98 Å². The molecule has 1 N–H and O–H groups in total. The van der Waals surface area contributed by atoms with E-state index in [1.807, 2.05) is 32.3 Å². The van der Waals surface area contributed by atoms with Crippen molar-refractivity contribution in [2.75, 3.05) is 7.11 Å². The Hall–Kier alpha value is -2.55. The third-order valence-corrected chi connectivity index (χ3v) is 3.98. The molecule has 4 aromatic rings. The highest BCUT2D eigenvalue weighted by Crippen LogP contribution is 2.34. The number of nitrogens with one attached hydrogen (secondary N) is 1. The topological polar surface area (TPSA) is 37.9 Å². The van der Waals surface area contributed by atoms with Gasteiger partial charge in [-0.25, -0.2) is 0 Å². The van der Waals surface area contributed by atoms with Crippen LogP contribution in [0.1, 0.15) is 19.4 Å². The molecule has 2 heterocycles. The number of rotatable bonds is 1. The second-order valence-electron chi connectivity index (χ2n) is 5.06. The highest BCUT2D eigenvalue weighted by Gasteiger charge is 2.10. The van der Waals surface area contributed by atoms with Crippen LogP contribution in [0.4, 0.5) is 0 Å². The largest absolute Gasteiger partial charge is 0.497 e. The van der Waals surface area contributed by atoms with Crippen LogP contribution >= 0.6 is 0 Å². The van der Waals surface area contributed by atoms with Crippen molar-refractivity contribution in [3.63, 3.8) is 0 Å². The Labute approximate surface area is 129 Å². The Morgan fingerprint density at radius 2 is 1.82 bits per heavy atom. The lowest BCUT2D eigenvalue weighted by Gasteiger charge is -2.03. The quantitative estimate of drug-likeness (QED) is 0.523. The van der Waals surface area contributed by atoms with Crippen LogP contribution in [0.2, 0.25) is 0 Å². The minimum atomic E-state index is 0.880. The molecule has 112 valence electrons. The molecule has 0 amide bonds. The van der Waals surface area contributed by atoms with Crippen molar-refractivity contribution in [1.29, 1.82) is 0 Å². The second kappa shape index (κ2) is 5.68. The highest BCUT2D eigenvalue weighted by molar-refractivity contribution is 6.13. The summed E-state index contributed by atoms with van der Waals surface area (Å²) in [7, 11) is 1.70. The number of aromatic nitrogens is 2. The summed E-state index contributed by atoms with van der Waals surface area (Å²) in [4.78, 5) is 7.73. The van der Waals surface area contributed by atoms with Crippen LogP contribution in [0.3, 0.4) is 0 Å². The van der Waals surface area contributed by atoms with Gasteiger partial charge in [0.05, 0.1) is 12.6 Å². The molecule has 0 saturated heterocycles. The molecular formula is C19H20N2O. The smallest absolute Gasteiger partial charge is 0.119 e. The Balaban J connectivity index is 0.000000693. The van der Waals surface area contributed by atoms with Crippen LogP contribution in [-0.4, -0.2) is 17.1 Å². The Bertz CT molecular complexity index is 954.